The van der Waals surface area contributed by atoms with Crippen molar-refractivity contribution in [3.63, 3.8) is 0 Å². The topological polar surface area (TPSA) is 71.4 Å². The smallest absolute Gasteiger partial charge is 0.289 e. The summed E-state index contributed by atoms with van der Waals surface area (Å²) in [5.74, 6) is 1.65. The predicted molar refractivity (Wildman–Crippen MR) is 174 cm³/mol. The number of methoxy groups -OCH3 is 1. The summed E-state index contributed by atoms with van der Waals surface area (Å²) in [5, 5.41) is 2.77. The summed E-state index contributed by atoms with van der Waals surface area (Å²) < 4.78 is 12.6. The van der Waals surface area contributed by atoms with E-state index in [-0.39, 0.29) is 17.6 Å². The molecular formula is C37H49N3O4. The number of ether oxygens (including phenoxy) is 2. The van der Waals surface area contributed by atoms with Crippen LogP contribution in [0.1, 0.15) is 83.3 Å². The number of carbonyl (C=O) groups is 1. The molecule has 5 aliphatic rings. The molecule has 2 aliphatic carbocycles. The molecule has 7 nitrogen and oxygen atoms in total. The highest BCUT2D eigenvalue weighted by Crippen LogP contribution is 2.49. The minimum Gasteiger partial charge on any atom is -0.486 e. The lowest BCUT2D eigenvalue weighted by Crippen LogP contribution is -2.41. The zero-order chi connectivity index (χ0) is 31.2. The number of benzene rings is 1. The largest absolute Gasteiger partial charge is 0.486 e. The molecule has 6 rings (SSSR count). The van der Waals surface area contributed by atoms with E-state index in [0.29, 0.717) is 11.8 Å². The van der Waals surface area contributed by atoms with Crippen molar-refractivity contribution in [2.75, 3.05) is 33.8 Å². The number of likely N-dealkylation sites (N-methyl/N-ethyl adjacent to an activating group) is 1. The minimum atomic E-state index is -0.552. The molecule has 0 radical (unpaired) electrons. The van der Waals surface area contributed by atoms with Crippen molar-refractivity contribution in [3.8, 4) is 5.75 Å². The fourth-order valence-electron chi connectivity index (χ4n) is 8.17. The number of likely N-dealkylation sites (tertiary alicyclic amines) is 1. The minimum absolute atomic E-state index is 0.00797. The summed E-state index contributed by atoms with van der Waals surface area (Å²) in [7, 11) is 3.81. The van der Waals surface area contributed by atoms with E-state index < -0.39 is 11.8 Å². The standard InChI is InChI=1S/C37H49N3O4/c1-23-18-29(27-14-17-39(5)33(21-27)43-6)19-30(22-40-16-7-15-37(40,3)4)34(23)31-13-12-25-8-11-28(20-32(25)44-31)35(26-9-10-26)24(2)36(41)38-42/h8,11,14,19-21,23-24,26,31,35H,7,9-10,12-13,15-18,22H2,1-6H3/t23?,24-,31?,35?/m0/s1. The summed E-state index contributed by atoms with van der Waals surface area (Å²) in [4.78, 5) is 28.2. The SMILES string of the molecule is COC1=CC(C2=CC(CN3CCCC3(C)C)=C(C3CCc4ccc(C(C5CC5)[C@H](C)C(=O)N=O)cc4O3)C(C)C2)=CCN1C. The molecule has 3 aliphatic heterocycles. The first-order chi connectivity index (χ1) is 21.1. The van der Waals surface area contributed by atoms with Crippen LogP contribution in [0, 0.1) is 22.7 Å². The van der Waals surface area contributed by atoms with Crippen molar-refractivity contribution in [1.82, 2.24) is 9.80 Å². The lowest BCUT2D eigenvalue weighted by atomic mass is 9.77. The average Bonchev–Trinajstić information content (AvgIpc) is 3.79. The Kier molecular flexibility index (Phi) is 8.62. The maximum absolute atomic E-state index is 12.3. The van der Waals surface area contributed by atoms with E-state index in [9.17, 15) is 9.70 Å². The van der Waals surface area contributed by atoms with E-state index in [2.05, 4.69) is 79.2 Å². The average molecular weight is 600 g/mol. The number of carbonyl (C=O) groups excluding carboxylic acids is 1. The highest BCUT2D eigenvalue weighted by atomic mass is 16.5. The van der Waals surface area contributed by atoms with Crippen LogP contribution >= 0.6 is 0 Å². The molecule has 3 heterocycles. The van der Waals surface area contributed by atoms with Gasteiger partial charge in [0.25, 0.3) is 5.91 Å². The number of rotatable bonds is 9. The number of amides is 1. The number of nitroso groups, excluding NO2 is 1. The molecule has 2 fully saturated rings. The highest BCUT2D eigenvalue weighted by molar-refractivity contribution is 5.80. The van der Waals surface area contributed by atoms with Crippen molar-refractivity contribution in [1.29, 1.82) is 0 Å². The van der Waals surface area contributed by atoms with Gasteiger partial charge in [-0.2, -0.15) is 0 Å². The van der Waals surface area contributed by atoms with E-state index in [1.807, 2.05) is 6.92 Å². The van der Waals surface area contributed by atoms with E-state index >= 15 is 0 Å². The van der Waals surface area contributed by atoms with Crippen LogP contribution in [0.15, 0.2) is 69.8 Å². The van der Waals surface area contributed by atoms with Crippen LogP contribution in [0.2, 0.25) is 0 Å². The van der Waals surface area contributed by atoms with E-state index in [1.54, 1.807) is 7.11 Å². The Labute approximate surface area is 263 Å². The van der Waals surface area contributed by atoms with Crippen LogP contribution in [0.3, 0.4) is 0 Å². The van der Waals surface area contributed by atoms with Crippen LogP contribution in [0.4, 0.5) is 0 Å². The van der Waals surface area contributed by atoms with Crippen LogP contribution in [0.25, 0.3) is 0 Å². The van der Waals surface area contributed by atoms with Gasteiger partial charge in [-0.15, -0.1) is 4.91 Å². The van der Waals surface area contributed by atoms with E-state index in [0.717, 1.165) is 68.9 Å². The van der Waals surface area contributed by atoms with Gasteiger partial charge >= 0.3 is 0 Å². The Morgan fingerprint density at radius 3 is 2.68 bits per heavy atom. The highest BCUT2D eigenvalue weighted by Gasteiger charge is 2.40. The van der Waals surface area contributed by atoms with Gasteiger partial charge in [-0.25, -0.2) is 0 Å². The van der Waals surface area contributed by atoms with Crippen molar-refractivity contribution in [2.24, 2.45) is 22.9 Å². The summed E-state index contributed by atoms with van der Waals surface area (Å²) >= 11 is 0. The Morgan fingerprint density at radius 1 is 1.20 bits per heavy atom. The Balaban J connectivity index is 1.34. The van der Waals surface area contributed by atoms with Gasteiger partial charge in [0.15, 0.2) is 5.88 Å². The molecular weight excluding hydrogens is 550 g/mol. The lowest BCUT2D eigenvalue weighted by Gasteiger charge is -2.38. The lowest BCUT2D eigenvalue weighted by molar-refractivity contribution is -0.122. The van der Waals surface area contributed by atoms with Crippen molar-refractivity contribution in [2.45, 2.75) is 90.2 Å². The summed E-state index contributed by atoms with van der Waals surface area (Å²) in [6.07, 6.45) is 14.5. The number of nitrogens with zero attached hydrogens (tertiary/aromatic N) is 3. The second-order valence-corrected chi connectivity index (χ2v) is 14.4. The van der Waals surface area contributed by atoms with Gasteiger partial charge in [-0.1, -0.05) is 38.1 Å². The van der Waals surface area contributed by atoms with Gasteiger partial charge in [-0.3, -0.25) is 9.69 Å². The molecule has 1 amide bonds. The van der Waals surface area contributed by atoms with Gasteiger partial charge < -0.3 is 14.4 Å². The number of hydrogen-bond donors (Lipinski definition) is 0. The molecule has 0 aromatic heterocycles. The number of fused-ring (bicyclic) bond motifs is 1. The van der Waals surface area contributed by atoms with Gasteiger partial charge in [0.1, 0.15) is 11.9 Å². The van der Waals surface area contributed by atoms with Crippen molar-refractivity contribution >= 4 is 5.91 Å². The predicted octanol–water partition coefficient (Wildman–Crippen LogP) is 7.30. The summed E-state index contributed by atoms with van der Waals surface area (Å²) in [5.41, 5.74) is 7.98. The van der Waals surface area contributed by atoms with E-state index in [1.165, 1.54) is 40.7 Å². The first-order valence-electron chi connectivity index (χ1n) is 16.6. The first kappa shape index (κ1) is 30.8. The summed E-state index contributed by atoms with van der Waals surface area (Å²) in [6.45, 7) is 11.9. The number of hydrogen-bond acceptors (Lipinski definition) is 6. The van der Waals surface area contributed by atoms with Gasteiger partial charge in [-0.05, 0) is 123 Å². The quantitative estimate of drug-likeness (QED) is 0.278. The molecule has 1 saturated heterocycles. The maximum atomic E-state index is 12.3. The Bertz CT molecular complexity index is 1430. The zero-order valence-corrected chi connectivity index (χ0v) is 27.4. The third kappa shape index (κ3) is 6.04. The normalized spacial score (nSPS) is 26.6. The van der Waals surface area contributed by atoms with Crippen LogP contribution < -0.4 is 4.74 Å². The molecule has 236 valence electrons. The fourth-order valence-corrected chi connectivity index (χ4v) is 8.17. The van der Waals surface area contributed by atoms with Gasteiger partial charge in [0.05, 0.1) is 7.11 Å². The molecule has 1 aromatic carbocycles. The molecule has 7 heteroatoms. The first-order valence-corrected chi connectivity index (χ1v) is 16.6. The molecule has 44 heavy (non-hydrogen) atoms. The summed E-state index contributed by atoms with van der Waals surface area (Å²) in [6, 6.07) is 6.49. The van der Waals surface area contributed by atoms with Crippen LogP contribution in [-0.2, 0) is 16.0 Å². The van der Waals surface area contributed by atoms with Crippen LogP contribution in [0.5, 0.6) is 5.75 Å². The van der Waals surface area contributed by atoms with E-state index in [4.69, 9.17) is 9.47 Å². The third-order valence-corrected chi connectivity index (χ3v) is 10.9. The molecule has 0 N–H and O–H groups in total. The molecule has 4 atom stereocenters. The molecule has 0 spiro atoms. The van der Waals surface area contributed by atoms with Crippen molar-refractivity contribution < 1.29 is 14.3 Å². The monoisotopic (exact) mass is 599 g/mol. The maximum Gasteiger partial charge on any atom is 0.289 e. The van der Waals surface area contributed by atoms with Crippen molar-refractivity contribution in [3.05, 3.63) is 80.6 Å². The fraction of sp³-hybridized carbons (Fsp3) is 0.595. The second-order valence-electron chi connectivity index (χ2n) is 14.4. The Hall–Kier alpha value is -3.19. The van der Waals surface area contributed by atoms with Gasteiger partial charge in [0, 0.05) is 42.8 Å². The molecule has 1 saturated carbocycles. The third-order valence-electron chi connectivity index (χ3n) is 10.9. The molecule has 3 unspecified atom stereocenters. The zero-order valence-electron chi connectivity index (χ0n) is 27.4. The second kappa shape index (κ2) is 12.3. The molecule has 0 bridgehead atoms. The number of allylic oxidation sites excluding steroid dienone is 3. The molecule has 1 aromatic rings. The van der Waals surface area contributed by atoms with Gasteiger partial charge in [0.2, 0.25) is 0 Å². The van der Waals surface area contributed by atoms with Crippen LogP contribution in [-0.4, -0.2) is 61.1 Å². The Morgan fingerprint density at radius 2 is 2.00 bits per heavy atom. The number of aryl methyl sites for hydroxylation is 1.